The van der Waals surface area contributed by atoms with Crippen LogP contribution in [0.25, 0.3) is 0 Å². The lowest BCUT2D eigenvalue weighted by Crippen LogP contribution is -2.45. The molecule has 0 aromatic heterocycles. The summed E-state index contributed by atoms with van der Waals surface area (Å²) in [4.78, 5) is 22.5. The molecule has 0 saturated carbocycles. The minimum absolute atomic E-state index is 0.257. The van der Waals surface area contributed by atoms with Gasteiger partial charge in [-0.05, 0) is 55.3 Å². The molecule has 0 unspecified atom stereocenters. The summed E-state index contributed by atoms with van der Waals surface area (Å²) < 4.78 is 12.0. The van der Waals surface area contributed by atoms with E-state index < -0.39 is 0 Å². The van der Waals surface area contributed by atoms with Gasteiger partial charge in [-0.25, -0.2) is 4.79 Å². The maximum Gasteiger partial charge on any atom is 0.340 e. The van der Waals surface area contributed by atoms with E-state index in [0.29, 0.717) is 18.1 Å². The number of ether oxygens (including phenoxy) is 2. The Labute approximate surface area is 229 Å². The van der Waals surface area contributed by atoms with Gasteiger partial charge >= 0.3 is 5.97 Å². The zero-order valence-corrected chi connectivity index (χ0v) is 24.4. The number of carbonyl (C=O) groups excluding carboxylic acids is 1. The highest BCUT2D eigenvalue weighted by Gasteiger charge is 2.27. The van der Waals surface area contributed by atoms with E-state index in [2.05, 4.69) is 85.7 Å². The summed E-state index contributed by atoms with van der Waals surface area (Å²) >= 11 is 0. The molecular formula is C31H46N4O3. The Morgan fingerprint density at radius 1 is 0.789 bits per heavy atom. The quantitative estimate of drug-likeness (QED) is 0.462. The third-order valence-corrected chi connectivity index (χ3v) is 7.99. The number of methoxy groups -OCH3 is 1. The maximum atomic E-state index is 13.0. The Bertz CT molecular complexity index is 1100. The van der Waals surface area contributed by atoms with E-state index in [1.165, 1.54) is 23.9 Å². The highest BCUT2D eigenvalue weighted by atomic mass is 16.5. The van der Waals surface area contributed by atoms with E-state index in [9.17, 15) is 4.79 Å². The van der Waals surface area contributed by atoms with E-state index in [1.54, 1.807) is 0 Å². The molecule has 0 spiro atoms. The monoisotopic (exact) mass is 522 g/mol. The molecule has 2 aliphatic rings. The van der Waals surface area contributed by atoms with Gasteiger partial charge in [0, 0.05) is 63.6 Å². The largest absolute Gasteiger partial charge is 0.487 e. The number of likely N-dealkylation sites (N-methyl/N-ethyl adjacent to an activating group) is 2. The lowest BCUT2D eigenvalue weighted by Gasteiger charge is -2.36. The first kappa shape index (κ1) is 28.2. The third-order valence-electron chi connectivity index (χ3n) is 7.99. The Balaban J connectivity index is 1.73. The molecule has 0 N–H and O–H groups in total. The predicted molar refractivity (Wildman–Crippen MR) is 156 cm³/mol. The Hall–Kier alpha value is -2.77. The fraction of sp³-hybridized carbons (Fsp3) is 0.581. The van der Waals surface area contributed by atoms with Crippen LogP contribution in [0.2, 0.25) is 0 Å². The molecule has 2 fully saturated rings. The number of rotatable bonds is 8. The van der Waals surface area contributed by atoms with Gasteiger partial charge in [-0.2, -0.15) is 0 Å². The number of carbonyl (C=O) groups is 1. The molecule has 7 heteroatoms. The van der Waals surface area contributed by atoms with Crippen LogP contribution in [0, 0.1) is 0 Å². The molecular weight excluding hydrogens is 476 g/mol. The van der Waals surface area contributed by atoms with Gasteiger partial charge in [0.05, 0.1) is 18.4 Å². The van der Waals surface area contributed by atoms with Crippen LogP contribution in [-0.2, 0) is 11.3 Å². The second-order valence-corrected chi connectivity index (χ2v) is 11.5. The molecule has 2 heterocycles. The van der Waals surface area contributed by atoms with E-state index in [-0.39, 0.29) is 11.9 Å². The van der Waals surface area contributed by atoms with Crippen molar-refractivity contribution in [3.05, 3.63) is 52.6 Å². The topological polar surface area (TPSA) is 48.5 Å². The molecule has 2 aromatic carbocycles. The van der Waals surface area contributed by atoms with Crippen LogP contribution < -0.4 is 14.5 Å². The summed E-state index contributed by atoms with van der Waals surface area (Å²) in [5, 5.41) is 0. The number of nitrogens with zero attached hydrogens (tertiary/aromatic N) is 4. The summed E-state index contributed by atoms with van der Waals surface area (Å²) in [5.74, 6) is 1.14. The zero-order chi connectivity index (χ0) is 27.4. The lowest BCUT2D eigenvalue weighted by atomic mass is 9.97. The minimum atomic E-state index is -0.314. The smallest absolute Gasteiger partial charge is 0.340 e. The second kappa shape index (κ2) is 12.4. The zero-order valence-electron chi connectivity index (χ0n) is 24.4. The fourth-order valence-electron chi connectivity index (χ4n) is 5.29. The number of hydrogen-bond donors (Lipinski definition) is 0. The van der Waals surface area contributed by atoms with Gasteiger partial charge in [0.25, 0.3) is 0 Å². The highest BCUT2D eigenvalue weighted by molar-refractivity contribution is 5.98. The first-order valence-corrected chi connectivity index (χ1v) is 14.1. The molecule has 0 radical (unpaired) electrons. The van der Waals surface area contributed by atoms with Gasteiger partial charge in [0.1, 0.15) is 12.4 Å². The molecule has 2 aromatic rings. The van der Waals surface area contributed by atoms with Crippen molar-refractivity contribution < 1.29 is 14.3 Å². The summed E-state index contributed by atoms with van der Waals surface area (Å²) in [6.45, 7) is 16.9. The summed E-state index contributed by atoms with van der Waals surface area (Å²) in [7, 11) is 5.78. The second-order valence-electron chi connectivity index (χ2n) is 11.5. The number of esters is 1. The van der Waals surface area contributed by atoms with Crippen molar-refractivity contribution in [2.45, 2.75) is 46.1 Å². The minimum Gasteiger partial charge on any atom is -0.487 e. The highest BCUT2D eigenvalue weighted by Crippen LogP contribution is 2.38. The summed E-state index contributed by atoms with van der Waals surface area (Å²) in [5.41, 5.74) is 6.28. The van der Waals surface area contributed by atoms with Crippen molar-refractivity contribution in [2.24, 2.45) is 0 Å². The Morgan fingerprint density at radius 3 is 1.92 bits per heavy atom. The normalized spacial score (nSPS) is 17.4. The molecule has 0 bridgehead atoms. The van der Waals surface area contributed by atoms with Gasteiger partial charge in [-0.3, -0.25) is 0 Å². The lowest BCUT2D eigenvalue weighted by molar-refractivity contribution is 0.0600. The number of anilines is 2. The molecule has 0 atom stereocenters. The van der Waals surface area contributed by atoms with Crippen molar-refractivity contribution >= 4 is 17.3 Å². The van der Waals surface area contributed by atoms with Gasteiger partial charge in [0.15, 0.2) is 0 Å². The molecule has 208 valence electrons. The average molecular weight is 523 g/mol. The van der Waals surface area contributed by atoms with Crippen LogP contribution >= 0.6 is 0 Å². The summed E-state index contributed by atoms with van der Waals surface area (Å²) in [6, 6.07) is 11.0. The van der Waals surface area contributed by atoms with E-state index >= 15 is 0 Å². The Morgan fingerprint density at radius 2 is 1.37 bits per heavy atom. The van der Waals surface area contributed by atoms with Crippen LogP contribution in [0.3, 0.4) is 0 Å². The number of hydrogen-bond acceptors (Lipinski definition) is 7. The first-order valence-electron chi connectivity index (χ1n) is 14.1. The summed E-state index contributed by atoms with van der Waals surface area (Å²) in [6.07, 6.45) is 0. The van der Waals surface area contributed by atoms with E-state index in [4.69, 9.17) is 9.47 Å². The standard InChI is InChI=1S/C31H46N4O3/c1-22(2)24-8-9-28(34-14-10-32(5)11-15-34)26(18-24)21-38-29-20-25(23(3)4)19-27(31(36)37-7)30(29)35-16-12-33(6)13-17-35/h8-9,18-20,22-23H,10-17,21H2,1-7H3. The molecule has 7 nitrogen and oxygen atoms in total. The van der Waals surface area contributed by atoms with Crippen LogP contribution in [0.1, 0.15) is 66.6 Å². The van der Waals surface area contributed by atoms with E-state index in [0.717, 1.165) is 69.4 Å². The SMILES string of the molecule is COC(=O)c1cc(C(C)C)cc(OCc2cc(C(C)C)ccc2N2CCN(C)CC2)c1N1CCN(C)CC1. The van der Waals surface area contributed by atoms with Crippen LogP contribution in [-0.4, -0.2) is 89.3 Å². The van der Waals surface area contributed by atoms with Crippen molar-refractivity contribution in [1.82, 2.24) is 9.80 Å². The van der Waals surface area contributed by atoms with Gasteiger partial charge < -0.3 is 29.1 Å². The fourth-order valence-corrected chi connectivity index (χ4v) is 5.29. The van der Waals surface area contributed by atoms with E-state index in [1.807, 2.05) is 6.07 Å². The maximum absolute atomic E-state index is 13.0. The first-order chi connectivity index (χ1) is 18.2. The van der Waals surface area contributed by atoms with Crippen LogP contribution in [0.5, 0.6) is 5.75 Å². The number of piperazine rings is 2. The van der Waals surface area contributed by atoms with Crippen LogP contribution in [0.4, 0.5) is 11.4 Å². The van der Waals surface area contributed by atoms with Gasteiger partial charge in [-0.1, -0.05) is 39.8 Å². The third kappa shape index (κ3) is 6.44. The molecule has 38 heavy (non-hydrogen) atoms. The van der Waals surface area contributed by atoms with Crippen molar-refractivity contribution in [3.8, 4) is 5.75 Å². The van der Waals surface area contributed by atoms with Crippen molar-refractivity contribution in [3.63, 3.8) is 0 Å². The molecule has 2 aliphatic heterocycles. The molecule has 4 rings (SSSR count). The Kier molecular flexibility index (Phi) is 9.21. The molecule has 0 amide bonds. The van der Waals surface area contributed by atoms with Crippen molar-refractivity contribution in [2.75, 3.05) is 83.4 Å². The predicted octanol–water partition coefficient (Wildman–Crippen LogP) is 4.80. The molecule has 0 aliphatic carbocycles. The number of benzene rings is 2. The molecule has 2 saturated heterocycles. The van der Waals surface area contributed by atoms with Crippen molar-refractivity contribution in [1.29, 1.82) is 0 Å². The van der Waals surface area contributed by atoms with Crippen LogP contribution in [0.15, 0.2) is 30.3 Å². The van der Waals surface area contributed by atoms with Gasteiger partial charge in [-0.15, -0.1) is 0 Å². The average Bonchev–Trinajstić information content (AvgIpc) is 2.91. The van der Waals surface area contributed by atoms with Gasteiger partial charge in [0.2, 0.25) is 0 Å².